The van der Waals surface area contributed by atoms with Crippen molar-refractivity contribution in [1.82, 2.24) is 5.32 Å². The van der Waals surface area contributed by atoms with Crippen molar-refractivity contribution in [1.29, 1.82) is 0 Å². The van der Waals surface area contributed by atoms with E-state index >= 15 is 0 Å². The van der Waals surface area contributed by atoms with Gasteiger partial charge in [0, 0.05) is 23.7 Å². The molecule has 0 aliphatic carbocycles. The van der Waals surface area contributed by atoms with Crippen LogP contribution in [0.1, 0.15) is 42.6 Å². The number of nitrogens with one attached hydrogen (secondary N) is 2. The lowest BCUT2D eigenvalue weighted by atomic mass is 10.0. The predicted octanol–water partition coefficient (Wildman–Crippen LogP) is 5.24. The number of hydrogen-bond acceptors (Lipinski definition) is 4. The van der Waals surface area contributed by atoms with Crippen LogP contribution in [0.15, 0.2) is 78.9 Å². The van der Waals surface area contributed by atoms with Crippen molar-refractivity contribution in [2.75, 3.05) is 18.5 Å². The second kappa shape index (κ2) is 13.0. The van der Waals surface area contributed by atoms with Crippen LogP contribution in [-0.2, 0) is 11.2 Å². The lowest BCUT2D eigenvalue weighted by Crippen LogP contribution is -2.45. The molecule has 2 amide bonds. The van der Waals surface area contributed by atoms with Crippen LogP contribution < -0.4 is 20.1 Å². The van der Waals surface area contributed by atoms with Crippen LogP contribution in [0.2, 0.25) is 0 Å². The standard InChI is InChI=1S/C28H32N2O4/c1-3-17-33-25-16-15-23(20-26(25)34-18-4-2)29-28(32)24(19-21-11-7-5-8-12-21)30-27(31)22-13-9-6-10-14-22/h5-16,20,24H,3-4,17-19H2,1-2H3,(H,29,32)(H,30,31)/t24-/m0/s1. The SMILES string of the molecule is CCCOc1ccc(NC(=O)[C@H](Cc2ccccc2)NC(=O)c2ccccc2)cc1OCCC. The Morgan fingerprint density at radius 1 is 0.794 bits per heavy atom. The van der Waals surface area contributed by atoms with Crippen molar-refractivity contribution < 1.29 is 19.1 Å². The summed E-state index contributed by atoms with van der Waals surface area (Å²) in [6.45, 7) is 5.20. The zero-order chi connectivity index (χ0) is 24.2. The molecule has 0 saturated heterocycles. The molecule has 0 spiro atoms. The van der Waals surface area contributed by atoms with Crippen molar-refractivity contribution in [3.05, 3.63) is 90.0 Å². The van der Waals surface area contributed by atoms with Gasteiger partial charge in [-0.3, -0.25) is 9.59 Å². The molecule has 2 N–H and O–H groups in total. The third-order valence-electron chi connectivity index (χ3n) is 5.08. The highest BCUT2D eigenvalue weighted by molar-refractivity contribution is 6.01. The van der Waals surface area contributed by atoms with Crippen molar-refractivity contribution in [2.24, 2.45) is 0 Å². The van der Waals surface area contributed by atoms with Gasteiger partial charge >= 0.3 is 0 Å². The number of rotatable bonds is 12. The van der Waals surface area contributed by atoms with Gasteiger partial charge in [-0.25, -0.2) is 0 Å². The summed E-state index contributed by atoms with van der Waals surface area (Å²) in [5.74, 6) is 0.622. The van der Waals surface area contributed by atoms with Gasteiger partial charge in [0.15, 0.2) is 11.5 Å². The molecule has 0 aliphatic rings. The maximum absolute atomic E-state index is 13.3. The molecule has 0 aromatic heterocycles. The molecule has 3 aromatic rings. The van der Waals surface area contributed by atoms with Gasteiger partial charge in [-0.05, 0) is 42.7 Å². The third kappa shape index (κ3) is 7.37. The van der Waals surface area contributed by atoms with Gasteiger partial charge in [-0.15, -0.1) is 0 Å². The molecule has 3 rings (SSSR count). The quantitative estimate of drug-likeness (QED) is 0.387. The van der Waals surface area contributed by atoms with E-state index in [1.165, 1.54) is 0 Å². The van der Waals surface area contributed by atoms with Gasteiger partial charge < -0.3 is 20.1 Å². The number of ether oxygens (including phenoxy) is 2. The van der Waals surface area contributed by atoms with Crippen LogP contribution in [0, 0.1) is 0 Å². The van der Waals surface area contributed by atoms with Gasteiger partial charge in [0.25, 0.3) is 5.91 Å². The van der Waals surface area contributed by atoms with Crippen LogP contribution in [-0.4, -0.2) is 31.1 Å². The molecule has 6 heteroatoms. The summed E-state index contributed by atoms with van der Waals surface area (Å²) in [5.41, 5.74) is 2.03. The molecule has 0 radical (unpaired) electrons. The zero-order valence-electron chi connectivity index (χ0n) is 19.8. The summed E-state index contributed by atoms with van der Waals surface area (Å²) < 4.78 is 11.6. The molecular formula is C28H32N2O4. The van der Waals surface area contributed by atoms with Gasteiger partial charge in [0.2, 0.25) is 5.91 Å². The normalized spacial score (nSPS) is 11.4. The average molecular weight is 461 g/mol. The molecule has 0 unspecified atom stereocenters. The average Bonchev–Trinajstić information content (AvgIpc) is 2.87. The fourth-order valence-electron chi connectivity index (χ4n) is 3.36. The number of benzene rings is 3. The smallest absolute Gasteiger partial charge is 0.251 e. The first kappa shape index (κ1) is 24.8. The predicted molar refractivity (Wildman–Crippen MR) is 134 cm³/mol. The Labute approximate surface area is 201 Å². The second-order valence-corrected chi connectivity index (χ2v) is 7.93. The minimum Gasteiger partial charge on any atom is -0.490 e. The number of hydrogen-bond donors (Lipinski definition) is 2. The minimum absolute atomic E-state index is 0.299. The molecule has 178 valence electrons. The van der Waals surface area contributed by atoms with Crippen molar-refractivity contribution in [3.8, 4) is 11.5 Å². The van der Waals surface area contributed by atoms with Gasteiger partial charge in [0.05, 0.1) is 13.2 Å². The van der Waals surface area contributed by atoms with E-state index in [0.29, 0.717) is 42.4 Å². The van der Waals surface area contributed by atoms with E-state index < -0.39 is 6.04 Å². The third-order valence-corrected chi connectivity index (χ3v) is 5.08. The molecule has 3 aromatic carbocycles. The lowest BCUT2D eigenvalue weighted by Gasteiger charge is -2.20. The summed E-state index contributed by atoms with van der Waals surface area (Å²) in [6, 6.07) is 23.1. The van der Waals surface area contributed by atoms with E-state index in [2.05, 4.69) is 10.6 Å². The fraction of sp³-hybridized carbons (Fsp3) is 0.286. The Kier molecular flexibility index (Phi) is 9.52. The van der Waals surface area contributed by atoms with Gasteiger partial charge in [-0.1, -0.05) is 62.4 Å². The number of carbonyl (C=O) groups excluding carboxylic acids is 2. The fourth-order valence-corrected chi connectivity index (χ4v) is 3.36. The summed E-state index contributed by atoms with van der Waals surface area (Å²) in [5, 5.41) is 5.81. The summed E-state index contributed by atoms with van der Waals surface area (Å²) in [6.07, 6.45) is 2.10. The van der Waals surface area contributed by atoms with E-state index in [9.17, 15) is 9.59 Å². The molecule has 0 fully saturated rings. The van der Waals surface area contributed by atoms with Crippen LogP contribution in [0.4, 0.5) is 5.69 Å². The van der Waals surface area contributed by atoms with Gasteiger partial charge in [-0.2, -0.15) is 0 Å². The first-order valence-corrected chi connectivity index (χ1v) is 11.7. The first-order chi connectivity index (χ1) is 16.6. The number of carbonyl (C=O) groups is 2. The molecule has 0 bridgehead atoms. The minimum atomic E-state index is -0.758. The highest BCUT2D eigenvalue weighted by Gasteiger charge is 2.22. The molecular weight excluding hydrogens is 428 g/mol. The molecule has 34 heavy (non-hydrogen) atoms. The van der Waals surface area contributed by atoms with Crippen LogP contribution in [0.5, 0.6) is 11.5 Å². The van der Waals surface area contributed by atoms with Gasteiger partial charge in [0.1, 0.15) is 6.04 Å². The summed E-state index contributed by atoms with van der Waals surface area (Å²) in [4.78, 5) is 26.1. The highest BCUT2D eigenvalue weighted by atomic mass is 16.5. The molecule has 0 heterocycles. The van der Waals surface area contributed by atoms with Crippen molar-refractivity contribution >= 4 is 17.5 Å². The maximum Gasteiger partial charge on any atom is 0.251 e. The number of amides is 2. The van der Waals surface area contributed by atoms with Crippen LogP contribution in [0.3, 0.4) is 0 Å². The topological polar surface area (TPSA) is 76.7 Å². The van der Waals surface area contributed by atoms with Crippen molar-refractivity contribution in [2.45, 2.75) is 39.2 Å². The monoisotopic (exact) mass is 460 g/mol. The van der Waals surface area contributed by atoms with E-state index in [4.69, 9.17) is 9.47 Å². The maximum atomic E-state index is 13.3. The van der Waals surface area contributed by atoms with E-state index in [-0.39, 0.29) is 11.8 Å². The molecule has 0 aliphatic heterocycles. The van der Waals surface area contributed by atoms with E-state index in [0.717, 1.165) is 18.4 Å². The Bertz CT molecular complexity index is 1050. The second-order valence-electron chi connectivity index (χ2n) is 7.93. The lowest BCUT2D eigenvalue weighted by molar-refractivity contribution is -0.118. The summed E-state index contributed by atoms with van der Waals surface area (Å²) >= 11 is 0. The Hall–Kier alpha value is -3.80. The zero-order valence-corrected chi connectivity index (χ0v) is 19.8. The first-order valence-electron chi connectivity index (χ1n) is 11.7. The number of anilines is 1. The molecule has 6 nitrogen and oxygen atoms in total. The van der Waals surface area contributed by atoms with E-state index in [1.54, 1.807) is 42.5 Å². The highest BCUT2D eigenvalue weighted by Crippen LogP contribution is 2.31. The van der Waals surface area contributed by atoms with Crippen LogP contribution >= 0.6 is 0 Å². The van der Waals surface area contributed by atoms with Crippen molar-refractivity contribution in [3.63, 3.8) is 0 Å². The summed E-state index contributed by atoms with van der Waals surface area (Å²) in [7, 11) is 0. The largest absolute Gasteiger partial charge is 0.490 e. The van der Waals surface area contributed by atoms with E-state index in [1.807, 2.05) is 50.2 Å². The molecule has 0 saturated carbocycles. The Morgan fingerprint density at radius 3 is 2.06 bits per heavy atom. The van der Waals surface area contributed by atoms with Crippen LogP contribution in [0.25, 0.3) is 0 Å². The molecule has 1 atom stereocenters. The Morgan fingerprint density at radius 2 is 1.41 bits per heavy atom. The Balaban J connectivity index is 1.79.